The van der Waals surface area contributed by atoms with E-state index in [0.29, 0.717) is 17.2 Å². The molecule has 192 valence electrons. The first-order chi connectivity index (χ1) is 17.2. The minimum atomic E-state index is -0.326. The Labute approximate surface area is 213 Å². The molecule has 3 nitrogen and oxygen atoms in total. The lowest BCUT2D eigenvalue weighted by Crippen LogP contribution is -2.13. The zero-order valence-corrected chi connectivity index (χ0v) is 22.1. The number of hydrogen-bond donors (Lipinski definition) is 0. The van der Waals surface area contributed by atoms with Gasteiger partial charge in [-0.1, -0.05) is 83.8 Å². The number of esters is 1. The Morgan fingerprint density at radius 3 is 2.00 bits per heavy atom. The normalized spacial score (nSPS) is 17.8. The molecule has 0 saturated heterocycles. The number of hydrogen-bond acceptors (Lipinski definition) is 3. The Morgan fingerprint density at radius 1 is 0.714 bits per heavy atom. The second-order valence-electron chi connectivity index (χ2n) is 10.3. The van der Waals surface area contributed by atoms with Gasteiger partial charge in [-0.3, -0.25) is 0 Å². The predicted molar refractivity (Wildman–Crippen MR) is 146 cm³/mol. The van der Waals surface area contributed by atoms with Crippen LogP contribution >= 0.6 is 0 Å². The average molecular weight is 479 g/mol. The van der Waals surface area contributed by atoms with E-state index in [1.54, 1.807) is 12.1 Å². The molecule has 0 unspecified atom stereocenters. The van der Waals surface area contributed by atoms with Crippen molar-refractivity contribution in [3.8, 4) is 11.5 Å². The van der Waals surface area contributed by atoms with Crippen LogP contribution in [0.5, 0.6) is 11.5 Å². The Balaban J connectivity index is 1.38. The van der Waals surface area contributed by atoms with E-state index in [1.165, 1.54) is 89.0 Å². The molecule has 1 saturated carbocycles. The van der Waals surface area contributed by atoms with Crippen LogP contribution in [0.2, 0.25) is 0 Å². The zero-order chi connectivity index (χ0) is 24.7. The molecule has 0 bridgehead atoms. The number of rotatable bonds is 15. The van der Waals surface area contributed by atoms with Crippen molar-refractivity contribution in [2.24, 2.45) is 5.92 Å². The first-order valence-corrected chi connectivity index (χ1v) is 14.2. The molecule has 35 heavy (non-hydrogen) atoms. The third kappa shape index (κ3) is 9.70. The van der Waals surface area contributed by atoms with E-state index in [0.717, 1.165) is 24.7 Å². The van der Waals surface area contributed by atoms with Crippen LogP contribution in [0.1, 0.15) is 126 Å². The minimum Gasteiger partial charge on any atom is -0.494 e. The topological polar surface area (TPSA) is 35.5 Å². The van der Waals surface area contributed by atoms with Gasteiger partial charge in [0.25, 0.3) is 0 Å². The third-order valence-corrected chi connectivity index (χ3v) is 7.48. The highest BCUT2D eigenvalue weighted by molar-refractivity contribution is 5.91. The molecule has 0 N–H and O–H groups in total. The summed E-state index contributed by atoms with van der Waals surface area (Å²) in [6.07, 6.45) is 18.2. The van der Waals surface area contributed by atoms with Gasteiger partial charge in [0.1, 0.15) is 11.5 Å². The van der Waals surface area contributed by atoms with Crippen LogP contribution in [-0.2, 0) is 0 Å². The SMILES string of the molecule is CCCCCCCCOc1ccc(C(=O)Oc2ccc(C3CCC(CCCCC)CC3)cc2)cc1. The second-order valence-corrected chi connectivity index (χ2v) is 10.3. The predicted octanol–water partition coefficient (Wildman–Crippen LogP) is 9.50. The van der Waals surface area contributed by atoms with E-state index in [1.807, 2.05) is 24.3 Å². The summed E-state index contributed by atoms with van der Waals surface area (Å²) in [6, 6.07) is 15.5. The average Bonchev–Trinajstić information content (AvgIpc) is 2.89. The van der Waals surface area contributed by atoms with E-state index < -0.39 is 0 Å². The molecular weight excluding hydrogens is 432 g/mol. The third-order valence-electron chi connectivity index (χ3n) is 7.48. The van der Waals surface area contributed by atoms with Gasteiger partial charge in [0, 0.05) is 0 Å². The van der Waals surface area contributed by atoms with E-state index >= 15 is 0 Å². The van der Waals surface area contributed by atoms with Gasteiger partial charge in [-0.15, -0.1) is 0 Å². The molecule has 1 aliphatic rings. The Kier molecular flexibility index (Phi) is 12.2. The number of ether oxygens (including phenoxy) is 2. The lowest BCUT2D eigenvalue weighted by molar-refractivity contribution is 0.0734. The number of unbranched alkanes of at least 4 members (excludes halogenated alkanes) is 7. The second kappa shape index (κ2) is 15.7. The Hall–Kier alpha value is -2.29. The molecule has 0 amide bonds. The van der Waals surface area contributed by atoms with Gasteiger partial charge in [-0.2, -0.15) is 0 Å². The van der Waals surface area contributed by atoms with Crippen LogP contribution in [0.25, 0.3) is 0 Å². The van der Waals surface area contributed by atoms with Crippen LogP contribution < -0.4 is 9.47 Å². The fourth-order valence-corrected chi connectivity index (χ4v) is 5.20. The van der Waals surface area contributed by atoms with Crippen molar-refractivity contribution in [1.29, 1.82) is 0 Å². The zero-order valence-electron chi connectivity index (χ0n) is 22.1. The van der Waals surface area contributed by atoms with Gasteiger partial charge in [0.2, 0.25) is 0 Å². The highest BCUT2D eigenvalue weighted by Gasteiger charge is 2.22. The summed E-state index contributed by atoms with van der Waals surface area (Å²) in [7, 11) is 0. The number of carbonyl (C=O) groups excluding carboxylic acids is 1. The standard InChI is InChI=1S/C32H46O3/c1-3-5-7-8-9-11-25-34-30-21-19-29(20-22-30)32(33)35-31-23-17-28(18-24-31)27-15-13-26(14-16-27)12-10-6-4-2/h17-24,26-27H,3-16,25H2,1-2H3. The van der Waals surface area contributed by atoms with E-state index in [4.69, 9.17) is 9.47 Å². The molecule has 0 radical (unpaired) electrons. The van der Waals surface area contributed by atoms with Crippen molar-refractivity contribution < 1.29 is 14.3 Å². The van der Waals surface area contributed by atoms with Crippen molar-refractivity contribution in [1.82, 2.24) is 0 Å². The Bertz CT molecular complexity index is 832. The van der Waals surface area contributed by atoms with Crippen molar-refractivity contribution >= 4 is 5.97 Å². The van der Waals surface area contributed by atoms with Crippen LogP contribution in [0.15, 0.2) is 48.5 Å². The number of carbonyl (C=O) groups is 1. The quantitative estimate of drug-likeness (QED) is 0.145. The molecule has 0 atom stereocenters. The maximum Gasteiger partial charge on any atom is 0.343 e. The monoisotopic (exact) mass is 478 g/mol. The van der Waals surface area contributed by atoms with Crippen molar-refractivity contribution in [2.75, 3.05) is 6.61 Å². The minimum absolute atomic E-state index is 0.326. The molecule has 0 aliphatic heterocycles. The molecule has 1 fully saturated rings. The highest BCUT2D eigenvalue weighted by Crippen LogP contribution is 2.38. The van der Waals surface area contributed by atoms with Crippen molar-refractivity contribution in [2.45, 2.75) is 110 Å². The fourth-order valence-electron chi connectivity index (χ4n) is 5.20. The van der Waals surface area contributed by atoms with Crippen LogP contribution in [-0.4, -0.2) is 12.6 Å². The molecule has 1 aliphatic carbocycles. The molecular formula is C32H46O3. The molecule has 0 aromatic heterocycles. The molecule has 2 aromatic rings. The summed E-state index contributed by atoms with van der Waals surface area (Å²) in [5, 5.41) is 0. The maximum absolute atomic E-state index is 12.6. The fraction of sp³-hybridized carbons (Fsp3) is 0.594. The molecule has 0 heterocycles. The first kappa shape index (κ1) is 27.3. The summed E-state index contributed by atoms with van der Waals surface area (Å²) >= 11 is 0. The first-order valence-electron chi connectivity index (χ1n) is 14.2. The lowest BCUT2D eigenvalue weighted by atomic mass is 9.77. The summed E-state index contributed by atoms with van der Waals surface area (Å²) < 4.78 is 11.4. The maximum atomic E-state index is 12.6. The van der Waals surface area contributed by atoms with E-state index in [2.05, 4.69) is 26.0 Å². The number of benzene rings is 2. The molecule has 0 spiro atoms. The van der Waals surface area contributed by atoms with Gasteiger partial charge in [-0.05, 0) is 85.9 Å². The van der Waals surface area contributed by atoms with Crippen LogP contribution in [0, 0.1) is 5.92 Å². The lowest BCUT2D eigenvalue weighted by Gasteiger charge is -2.29. The van der Waals surface area contributed by atoms with Crippen LogP contribution in [0.3, 0.4) is 0 Å². The molecule has 3 heteroatoms. The van der Waals surface area contributed by atoms with Crippen molar-refractivity contribution in [3.05, 3.63) is 59.7 Å². The van der Waals surface area contributed by atoms with Crippen molar-refractivity contribution in [3.63, 3.8) is 0 Å². The largest absolute Gasteiger partial charge is 0.494 e. The van der Waals surface area contributed by atoms with Gasteiger partial charge < -0.3 is 9.47 Å². The van der Waals surface area contributed by atoms with Crippen LogP contribution in [0.4, 0.5) is 0 Å². The summed E-state index contributed by atoms with van der Waals surface area (Å²) in [6.45, 7) is 5.24. The molecule has 2 aromatic carbocycles. The van der Waals surface area contributed by atoms with E-state index in [-0.39, 0.29) is 5.97 Å². The van der Waals surface area contributed by atoms with E-state index in [9.17, 15) is 4.79 Å². The smallest absolute Gasteiger partial charge is 0.343 e. The van der Waals surface area contributed by atoms with Gasteiger partial charge in [-0.25, -0.2) is 4.79 Å². The molecule has 3 rings (SSSR count). The summed E-state index contributed by atoms with van der Waals surface area (Å²) in [5.74, 6) is 2.65. The van der Waals surface area contributed by atoms with Gasteiger partial charge in [0.05, 0.1) is 12.2 Å². The van der Waals surface area contributed by atoms with Gasteiger partial charge >= 0.3 is 5.97 Å². The Morgan fingerprint density at radius 2 is 1.31 bits per heavy atom. The van der Waals surface area contributed by atoms with Gasteiger partial charge in [0.15, 0.2) is 0 Å². The highest BCUT2D eigenvalue weighted by atomic mass is 16.5. The summed E-state index contributed by atoms with van der Waals surface area (Å²) in [4.78, 5) is 12.6. The summed E-state index contributed by atoms with van der Waals surface area (Å²) in [5.41, 5.74) is 1.92.